The summed E-state index contributed by atoms with van der Waals surface area (Å²) in [7, 11) is 0. The van der Waals surface area contributed by atoms with Gasteiger partial charge in [-0.05, 0) is 43.2 Å². The zero-order valence-corrected chi connectivity index (χ0v) is 12.2. The fourth-order valence-electron chi connectivity index (χ4n) is 2.71. The first-order valence-electron chi connectivity index (χ1n) is 7.29. The third-order valence-corrected chi connectivity index (χ3v) is 4.38. The highest BCUT2D eigenvalue weighted by molar-refractivity contribution is 5.03. The van der Waals surface area contributed by atoms with Crippen LogP contribution in [0.5, 0.6) is 0 Å². The van der Waals surface area contributed by atoms with E-state index in [9.17, 15) is 0 Å². The van der Waals surface area contributed by atoms with Gasteiger partial charge in [0.05, 0.1) is 12.2 Å². The quantitative estimate of drug-likeness (QED) is 0.887. The Morgan fingerprint density at radius 2 is 1.95 bits per heavy atom. The first-order chi connectivity index (χ1) is 9.05. The first kappa shape index (κ1) is 14.5. The van der Waals surface area contributed by atoms with Crippen molar-refractivity contribution < 1.29 is 4.74 Å². The van der Waals surface area contributed by atoms with E-state index in [-0.39, 0.29) is 5.60 Å². The van der Waals surface area contributed by atoms with Gasteiger partial charge in [-0.2, -0.15) is 0 Å². The van der Waals surface area contributed by atoms with E-state index in [2.05, 4.69) is 18.8 Å². The van der Waals surface area contributed by atoms with E-state index in [4.69, 9.17) is 10.5 Å². The predicted octanol–water partition coefficient (Wildman–Crippen LogP) is 2.94. The van der Waals surface area contributed by atoms with Gasteiger partial charge < -0.3 is 10.5 Å². The molecule has 1 aliphatic carbocycles. The molecule has 0 radical (unpaired) electrons. The van der Waals surface area contributed by atoms with Crippen LogP contribution in [0.2, 0.25) is 0 Å². The molecule has 0 bridgehead atoms. The SMILES string of the molecule is CC1(C)CCC(CN)(OCCc2ccccn2)CC1. The summed E-state index contributed by atoms with van der Waals surface area (Å²) in [5.41, 5.74) is 7.41. The highest BCUT2D eigenvalue weighted by Crippen LogP contribution is 2.41. The van der Waals surface area contributed by atoms with Crippen molar-refractivity contribution in [3.63, 3.8) is 0 Å². The predicted molar refractivity (Wildman–Crippen MR) is 77.9 cm³/mol. The third-order valence-electron chi connectivity index (χ3n) is 4.38. The Bertz CT molecular complexity index is 379. The van der Waals surface area contributed by atoms with Crippen molar-refractivity contribution in [3.05, 3.63) is 30.1 Å². The number of rotatable bonds is 5. The Balaban J connectivity index is 1.83. The monoisotopic (exact) mass is 262 g/mol. The van der Waals surface area contributed by atoms with Crippen LogP contribution in [-0.2, 0) is 11.2 Å². The second-order valence-electron chi connectivity index (χ2n) is 6.47. The van der Waals surface area contributed by atoms with Gasteiger partial charge in [0.25, 0.3) is 0 Å². The van der Waals surface area contributed by atoms with Gasteiger partial charge >= 0.3 is 0 Å². The van der Waals surface area contributed by atoms with Gasteiger partial charge in [-0.3, -0.25) is 4.98 Å². The summed E-state index contributed by atoms with van der Waals surface area (Å²) in [6.07, 6.45) is 7.27. The molecule has 0 aliphatic heterocycles. The molecule has 0 amide bonds. The number of aromatic nitrogens is 1. The van der Waals surface area contributed by atoms with E-state index >= 15 is 0 Å². The number of nitrogens with zero attached hydrogens (tertiary/aromatic N) is 1. The third kappa shape index (κ3) is 4.02. The molecule has 0 unspecified atom stereocenters. The maximum absolute atomic E-state index is 6.15. The van der Waals surface area contributed by atoms with Crippen molar-refractivity contribution >= 4 is 0 Å². The second kappa shape index (κ2) is 6.02. The summed E-state index contributed by atoms with van der Waals surface area (Å²) in [5.74, 6) is 0. The molecule has 0 aromatic carbocycles. The lowest BCUT2D eigenvalue weighted by Crippen LogP contribution is -2.46. The Labute approximate surface area is 116 Å². The van der Waals surface area contributed by atoms with Crippen LogP contribution >= 0.6 is 0 Å². The number of hydrogen-bond acceptors (Lipinski definition) is 3. The van der Waals surface area contributed by atoms with Crippen molar-refractivity contribution in [2.24, 2.45) is 11.1 Å². The smallest absolute Gasteiger partial charge is 0.0804 e. The fourth-order valence-corrected chi connectivity index (χ4v) is 2.71. The molecule has 3 nitrogen and oxygen atoms in total. The molecule has 3 heteroatoms. The highest BCUT2D eigenvalue weighted by Gasteiger charge is 2.38. The Hall–Kier alpha value is -0.930. The van der Waals surface area contributed by atoms with E-state index < -0.39 is 0 Å². The molecule has 1 fully saturated rings. The van der Waals surface area contributed by atoms with Gasteiger partial charge in [0, 0.05) is 24.9 Å². The largest absolute Gasteiger partial charge is 0.373 e. The topological polar surface area (TPSA) is 48.1 Å². The molecule has 1 aliphatic rings. The van der Waals surface area contributed by atoms with Crippen LogP contribution in [0.15, 0.2) is 24.4 Å². The molecule has 19 heavy (non-hydrogen) atoms. The Morgan fingerprint density at radius 1 is 1.21 bits per heavy atom. The lowest BCUT2D eigenvalue weighted by Gasteiger charge is -2.42. The summed E-state index contributed by atoms with van der Waals surface area (Å²) < 4.78 is 6.15. The average molecular weight is 262 g/mol. The lowest BCUT2D eigenvalue weighted by molar-refractivity contribution is -0.0802. The molecule has 2 rings (SSSR count). The number of pyridine rings is 1. The van der Waals surface area contributed by atoms with Crippen molar-refractivity contribution in [2.75, 3.05) is 13.2 Å². The summed E-state index contributed by atoms with van der Waals surface area (Å²) in [4.78, 5) is 4.32. The summed E-state index contributed by atoms with van der Waals surface area (Å²) >= 11 is 0. The molecule has 2 N–H and O–H groups in total. The molecule has 0 saturated heterocycles. The van der Waals surface area contributed by atoms with Crippen LogP contribution in [0, 0.1) is 5.41 Å². The average Bonchev–Trinajstić information content (AvgIpc) is 2.42. The maximum atomic E-state index is 6.15. The minimum Gasteiger partial charge on any atom is -0.373 e. The highest BCUT2D eigenvalue weighted by atomic mass is 16.5. The zero-order chi connectivity index (χ0) is 13.8. The molecular formula is C16H26N2O. The van der Waals surface area contributed by atoms with Crippen LogP contribution in [0.25, 0.3) is 0 Å². The molecule has 1 saturated carbocycles. The van der Waals surface area contributed by atoms with Crippen LogP contribution in [0.3, 0.4) is 0 Å². The van der Waals surface area contributed by atoms with E-state index in [0.717, 1.165) is 25.0 Å². The summed E-state index contributed by atoms with van der Waals surface area (Å²) in [6.45, 7) is 6.02. The van der Waals surface area contributed by atoms with Gasteiger partial charge in [0.1, 0.15) is 0 Å². The molecule has 0 atom stereocenters. The van der Waals surface area contributed by atoms with Crippen LogP contribution < -0.4 is 5.73 Å². The molecule has 106 valence electrons. The van der Waals surface area contributed by atoms with Crippen LogP contribution in [-0.4, -0.2) is 23.7 Å². The summed E-state index contributed by atoms with van der Waals surface area (Å²) in [5, 5.41) is 0. The Morgan fingerprint density at radius 3 is 2.53 bits per heavy atom. The minimum atomic E-state index is -0.0930. The maximum Gasteiger partial charge on any atom is 0.0804 e. The van der Waals surface area contributed by atoms with Crippen LogP contribution in [0.4, 0.5) is 0 Å². The van der Waals surface area contributed by atoms with Gasteiger partial charge in [0.2, 0.25) is 0 Å². The van der Waals surface area contributed by atoms with Gasteiger partial charge in [-0.1, -0.05) is 19.9 Å². The van der Waals surface area contributed by atoms with Gasteiger partial charge in [-0.15, -0.1) is 0 Å². The second-order valence-corrected chi connectivity index (χ2v) is 6.47. The molecular weight excluding hydrogens is 236 g/mol. The Kier molecular flexibility index (Phi) is 4.58. The summed E-state index contributed by atoms with van der Waals surface area (Å²) in [6, 6.07) is 6.00. The van der Waals surface area contributed by atoms with Crippen molar-refractivity contribution in [1.29, 1.82) is 0 Å². The standard InChI is InChI=1S/C16H26N2O/c1-15(2)7-9-16(13-17,10-8-15)19-12-6-14-5-3-4-11-18-14/h3-5,11H,6-10,12-13,17H2,1-2H3. The zero-order valence-electron chi connectivity index (χ0n) is 12.2. The fraction of sp³-hybridized carbons (Fsp3) is 0.688. The minimum absolute atomic E-state index is 0.0930. The number of hydrogen-bond donors (Lipinski definition) is 1. The molecule has 0 spiro atoms. The van der Waals surface area contributed by atoms with Crippen molar-refractivity contribution in [3.8, 4) is 0 Å². The first-order valence-corrected chi connectivity index (χ1v) is 7.29. The number of nitrogens with two attached hydrogens (primary N) is 1. The van der Waals surface area contributed by atoms with E-state index in [1.165, 1.54) is 12.8 Å². The van der Waals surface area contributed by atoms with E-state index in [0.29, 0.717) is 18.6 Å². The van der Waals surface area contributed by atoms with Gasteiger partial charge in [-0.25, -0.2) is 0 Å². The van der Waals surface area contributed by atoms with Crippen molar-refractivity contribution in [2.45, 2.75) is 51.6 Å². The van der Waals surface area contributed by atoms with Gasteiger partial charge in [0.15, 0.2) is 0 Å². The van der Waals surface area contributed by atoms with Crippen LogP contribution in [0.1, 0.15) is 45.2 Å². The number of ether oxygens (including phenoxy) is 1. The van der Waals surface area contributed by atoms with Crippen molar-refractivity contribution in [1.82, 2.24) is 4.98 Å². The molecule has 1 aromatic heterocycles. The molecule has 1 aromatic rings. The van der Waals surface area contributed by atoms with E-state index in [1.807, 2.05) is 24.4 Å². The molecule has 1 heterocycles. The lowest BCUT2D eigenvalue weighted by atomic mass is 9.71. The van der Waals surface area contributed by atoms with E-state index in [1.54, 1.807) is 0 Å². The normalized spacial score (nSPS) is 21.2.